The lowest BCUT2D eigenvalue weighted by Crippen LogP contribution is -2.26. The van der Waals surface area contributed by atoms with Crippen molar-refractivity contribution in [1.29, 1.82) is 0 Å². The minimum Gasteiger partial charge on any atom is -0.310 e. The Morgan fingerprint density at radius 3 is 2.77 bits per heavy atom. The molecule has 10 heteroatoms. The van der Waals surface area contributed by atoms with E-state index in [0.717, 1.165) is 20.8 Å². The van der Waals surface area contributed by atoms with Crippen LogP contribution in [0.15, 0.2) is 46.9 Å². The zero-order chi connectivity index (χ0) is 21.9. The summed E-state index contributed by atoms with van der Waals surface area (Å²) in [5.74, 6) is -0.743. The highest BCUT2D eigenvalue weighted by Gasteiger charge is 2.39. The topological polar surface area (TPSA) is 59.8 Å². The molecule has 0 unspecified atom stereocenters. The Morgan fingerprint density at radius 2 is 2.00 bits per heavy atom. The van der Waals surface area contributed by atoms with Gasteiger partial charge in [-0.05, 0) is 36.8 Å². The summed E-state index contributed by atoms with van der Waals surface area (Å²) < 4.78 is 44.3. The molecule has 3 heterocycles. The smallest absolute Gasteiger partial charge is 0.310 e. The lowest BCUT2D eigenvalue weighted by molar-refractivity contribution is -0.138. The van der Waals surface area contributed by atoms with Gasteiger partial charge in [-0.25, -0.2) is 4.98 Å². The molecule has 2 aromatic carbocycles. The van der Waals surface area contributed by atoms with Gasteiger partial charge >= 0.3 is 6.18 Å². The minimum absolute atomic E-state index is 0.0713. The molecule has 2 aromatic heterocycles. The molecule has 1 N–H and O–H groups in total. The van der Waals surface area contributed by atoms with Crippen LogP contribution in [0.4, 0.5) is 19.0 Å². The van der Waals surface area contributed by atoms with Gasteiger partial charge in [-0.1, -0.05) is 45.5 Å². The number of carbonyl (C=O) groups excluding carboxylic acids is 1. The van der Waals surface area contributed by atoms with Crippen molar-refractivity contribution in [3.63, 3.8) is 0 Å². The van der Waals surface area contributed by atoms with Crippen LogP contribution >= 0.6 is 27.3 Å². The summed E-state index contributed by atoms with van der Waals surface area (Å²) in [7, 11) is 0. The van der Waals surface area contributed by atoms with Crippen molar-refractivity contribution >= 4 is 49.2 Å². The third-order valence-electron chi connectivity index (χ3n) is 5.26. The molecule has 5 nitrogen and oxygen atoms in total. The number of aryl methyl sites for hydroxylation is 1. The number of rotatable bonds is 2. The first-order valence-electron chi connectivity index (χ1n) is 9.34. The zero-order valence-corrected chi connectivity index (χ0v) is 18.4. The Balaban J connectivity index is 1.69. The zero-order valence-electron chi connectivity index (χ0n) is 16.0. The Kier molecular flexibility index (Phi) is 4.67. The van der Waals surface area contributed by atoms with Crippen LogP contribution in [-0.2, 0) is 11.0 Å². The second kappa shape index (κ2) is 7.16. The minimum atomic E-state index is -4.52. The summed E-state index contributed by atoms with van der Waals surface area (Å²) in [6, 6.07) is 11.1. The lowest BCUT2D eigenvalue weighted by Gasteiger charge is -2.26. The van der Waals surface area contributed by atoms with Crippen LogP contribution < -0.4 is 5.32 Å². The molecule has 1 aliphatic rings. The maximum atomic E-state index is 13.7. The van der Waals surface area contributed by atoms with Crippen LogP contribution in [0.1, 0.15) is 34.7 Å². The van der Waals surface area contributed by atoms with Crippen molar-refractivity contribution in [2.75, 3.05) is 5.32 Å². The van der Waals surface area contributed by atoms with E-state index >= 15 is 0 Å². The number of anilines is 1. The predicted octanol–water partition coefficient (Wildman–Crippen LogP) is 6.05. The van der Waals surface area contributed by atoms with Gasteiger partial charge in [0.1, 0.15) is 5.82 Å². The van der Waals surface area contributed by atoms with E-state index in [9.17, 15) is 18.0 Å². The standard InChI is InChI=1S/C21H14BrF3N4OS/c1-10-18-13(12-4-2-3-5-14(12)21(23,24)25)9-17(30)27-19(18)29(28-10)20-26-15-7-6-11(22)8-16(15)31-20/h2-8,13H,9H2,1H3,(H,27,30)/t13-/m0/s1. The molecule has 5 rings (SSSR count). The maximum Gasteiger partial charge on any atom is 0.416 e. The van der Waals surface area contributed by atoms with Crippen molar-refractivity contribution < 1.29 is 18.0 Å². The number of nitrogens with one attached hydrogen (secondary N) is 1. The molecule has 1 aliphatic heterocycles. The summed E-state index contributed by atoms with van der Waals surface area (Å²) in [5, 5.41) is 7.87. The number of aromatic nitrogens is 3. The average molecular weight is 507 g/mol. The summed E-state index contributed by atoms with van der Waals surface area (Å²) in [6.07, 6.45) is -4.60. The molecule has 0 fully saturated rings. The molecule has 158 valence electrons. The second-order valence-electron chi connectivity index (χ2n) is 7.26. The number of halogens is 4. The third-order valence-corrected chi connectivity index (χ3v) is 6.75. The van der Waals surface area contributed by atoms with E-state index < -0.39 is 17.7 Å². The highest BCUT2D eigenvalue weighted by atomic mass is 79.9. The van der Waals surface area contributed by atoms with Gasteiger partial charge in [0, 0.05) is 22.4 Å². The Labute approximate surface area is 187 Å². The molecule has 0 saturated carbocycles. The van der Waals surface area contributed by atoms with Crippen LogP contribution in [0.5, 0.6) is 0 Å². The van der Waals surface area contributed by atoms with Crippen molar-refractivity contribution in [2.24, 2.45) is 0 Å². The molecule has 0 radical (unpaired) electrons. The maximum absolute atomic E-state index is 13.7. The Bertz CT molecular complexity index is 1340. The molecule has 31 heavy (non-hydrogen) atoms. The highest BCUT2D eigenvalue weighted by Crippen LogP contribution is 2.45. The molecular formula is C21H14BrF3N4OS. The molecule has 0 bridgehead atoms. The van der Waals surface area contributed by atoms with Crippen LogP contribution in [0.2, 0.25) is 0 Å². The molecule has 0 aliphatic carbocycles. The van der Waals surface area contributed by atoms with E-state index in [1.807, 2.05) is 18.2 Å². The van der Waals surface area contributed by atoms with Gasteiger partial charge in [0.2, 0.25) is 11.0 Å². The predicted molar refractivity (Wildman–Crippen MR) is 116 cm³/mol. The fourth-order valence-electron chi connectivity index (χ4n) is 3.99. The van der Waals surface area contributed by atoms with Crippen molar-refractivity contribution in [3.8, 4) is 5.13 Å². The van der Waals surface area contributed by atoms with E-state index in [4.69, 9.17) is 0 Å². The number of nitrogens with zero attached hydrogens (tertiary/aromatic N) is 3. The number of amides is 1. The van der Waals surface area contributed by atoms with Gasteiger partial charge in [0.25, 0.3) is 0 Å². The first-order valence-corrected chi connectivity index (χ1v) is 11.0. The van der Waals surface area contributed by atoms with Crippen LogP contribution in [0.25, 0.3) is 15.3 Å². The first-order chi connectivity index (χ1) is 14.7. The normalized spacial score (nSPS) is 16.4. The highest BCUT2D eigenvalue weighted by molar-refractivity contribution is 9.10. The number of thiazole rings is 1. The van der Waals surface area contributed by atoms with Gasteiger partial charge < -0.3 is 5.32 Å². The second-order valence-corrected chi connectivity index (χ2v) is 9.18. The van der Waals surface area contributed by atoms with Gasteiger partial charge in [-0.3, -0.25) is 4.79 Å². The first kappa shape index (κ1) is 20.2. The average Bonchev–Trinajstić information content (AvgIpc) is 3.27. The lowest BCUT2D eigenvalue weighted by atomic mass is 9.83. The van der Waals surface area contributed by atoms with E-state index in [2.05, 4.69) is 31.3 Å². The summed E-state index contributed by atoms with van der Waals surface area (Å²) >= 11 is 4.82. The van der Waals surface area contributed by atoms with Gasteiger partial charge in [0.15, 0.2) is 0 Å². The summed E-state index contributed by atoms with van der Waals surface area (Å²) in [6.45, 7) is 1.74. The molecule has 0 spiro atoms. The Hall–Kier alpha value is -2.72. The van der Waals surface area contributed by atoms with E-state index in [1.165, 1.54) is 28.2 Å². The van der Waals surface area contributed by atoms with Crippen LogP contribution in [0.3, 0.4) is 0 Å². The number of alkyl halides is 3. The largest absolute Gasteiger partial charge is 0.416 e. The Morgan fingerprint density at radius 1 is 1.23 bits per heavy atom. The van der Waals surface area contributed by atoms with Crippen LogP contribution in [0, 0.1) is 6.92 Å². The van der Waals surface area contributed by atoms with Crippen molar-refractivity contribution in [1.82, 2.24) is 14.8 Å². The quantitative estimate of drug-likeness (QED) is 0.360. The fraction of sp³-hybridized carbons (Fsp3) is 0.190. The van der Waals surface area contributed by atoms with Gasteiger partial charge in [-0.2, -0.15) is 23.0 Å². The number of benzene rings is 2. The monoisotopic (exact) mass is 506 g/mol. The number of fused-ring (bicyclic) bond motifs is 2. The van der Waals surface area contributed by atoms with Gasteiger partial charge in [-0.15, -0.1) is 0 Å². The van der Waals surface area contributed by atoms with Crippen molar-refractivity contribution in [2.45, 2.75) is 25.4 Å². The summed E-state index contributed by atoms with van der Waals surface area (Å²) in [4.78, 5) is 17.1. The molecule has 0 saturated heterocycles. The van der Waals surface area contributed by atoms with E-state index in [1.54, 1.807) is 13.0 Å². The van der Waals surface area contributed by atoms with Gasteiger partial charge in [0.05, 0.1) is 21.5 Å². The fourth-order valence-corrected chi connectivity index (χ4v) is 5.46. The van der Waals surface area contributed by atoms with E-state index in [0.29, 0.717) is 22.2 Å². The molecule has 4 aromatic rings. The number of hydrogen-bond acceptors (Lipinski definition) is 4. The molecular weight excluding hydrogens is 493 g/mol. The van der Waals surface area contributed by atoms with E-state index in [-0.39, 0.29) is 17.9 Å². The molecule has 1 amide bonds. The number of hydrogen-bond donors (Lipinski definition) is 1. The summed E-state index contributed by atoms with van der Waals surface area (Å²) in [5.41, 5.74) is 1.24. The van der Waals surface area contributed by atoms with Crippen LogP contribution in [-0.4, -0.2) is 20.7 Å². The third kappa shape index (κ3) is 3.43. The molecule has 1 atom stereocenters. The SMILES string of the molecule is Cc1nn(-c2nc3ccc(Br)cc3s2)c2c1[C@H](c1ccccc1C(F)(F)F)CC(=O)N2. The van der Waals surface area contributed by atoms with Crippen molar-refractivity contribution in [3.05, 3.63) is 69.3 Å². The number of carbonyl (C=O) groups is 1.